The van der Waals surface area contributed by atoms with Gasteiger partial charge in [0.15, 0.2) is 0 Å². The third kappa shape index (κ3) is 13.3. The first-order valence-electron chi connectivity index (χ1n) is 21.9. The van der Waals surface area contributed by atoms with Gasteiger partial charge in [-0.2, -0.15) is 0 Å². The minimum absolute atomic E-state index is 0.0408. The van der Waals surface area contributed by atoms with Crippen molar-refractivity contribution >= 4 is 81.3 Å². The van der Waals surface area contributed by atoms with Crippen LogP contribution < -0.4 is 30.7 Å². The molecule has 0 spiro atoms. The summed E-state index contributed by atoms with van der Waals surface area (Å²) >= 11 is 0. The zero-order valence-corrected chi connectivity index (χ0v) is 38.2. The topological polar surface area (TPSA) is 258 Å². The molecule has 3 aliphatic rings. The standard InChI is InChI=1S/C18H19N3O3.C16H14FN3O4.C16H15N3O4/c1-12-3-8-16(18(22)23)17(19-12)20-14-4-6-15(7-5-14)21-9-10-24-11-13(21)2;17-10-7-13(16(22)23)15(18-8-10)19-11-1-3-12(4-2-11)20-5-6-24-9-14(20)21;20-14-10-23-9-8-19(14)12-5-3-11(4-6-12)18-15-13(16(21)22)2-1-7-17-15/h3-8H,2,9-11H2,1H3,(H,19,20)(H,22,23);1-4,7-8H,5-6,9H2,(H,18,19)(H,22,23);1-7H,8-10H2,(H,17,18)(H,21,22). The molecule has 0 aliphatic carbocycles. The Kier molecular flexibility index (Phi) is 16.6. The molecule has 6 N–H and O–H groups in total. The van der Waals surface area contributed by atoms with Gasteiger partial charge in [-0.05, 0) is 110 Å². The predicted molar refractivity (Wildman–Crippen MR) is 261 cm³/mol. The van der Waals surface area contributed by atoms with E-state index in [1.165, 1.54) is 12.3 Å². The van der Waals surface area contributed by atoms with Gasteiger partial charge in [-0.25, -0.2) is 33.7 Å². The number of ether oxygens (including phenoxy) is 3. The fourth-order valence-corrected chi connectivity index (χ4v) is 7.26. The second-order valence-corrected chi connectivity index (χ2v) is 15.7. The number of aryl methyl sites for hydroxylation is 1. The molecule has 0 saturated carbocycles. The third-order valence-corrected chi connectivity index (χ3v) is 10.8. The summed E-state index contributed by atoms with van der Waals surface area (Å²) in [5.41, 5.74) is 6.23. The first-order chi connectivity index (χ1) is 34.2. The molecule has 0 unspecified atom stereocenters. The monoisotopic (exact) mass is 969 g/mol. The number of carbonyl (C=O) groups is 5. The van der Waals surface area contributed by atoms with Gasteiger partial charge in [0.25, 0.3) is 11.8 Å². The second-order valence-electron chi connectivity index (χ2n) is 15.7. The summed E-state index contributed by atoms with van der Waals surface area (Å²) in [6, 6.07) is 28.9. The normalized spacial score (nSPS) is 14.6. The Morgan fingerprint density at radius 1 is 0.577 bits per heavy atom. The van der Waals surface area contributed by atoms with Crippen LogP contribution in [-0.4, -0.2) is 119 Å². The van der Waals surface area contributed by atoms with Crippen LogP contribution in [0.4, 0.5) is 56.0 Å². The van der Waals surface area contributed by atoms with E-state index in [9.17, 15) is 33.5 Å². The molecule has 20 nitrogen and oxygen atoms in total. The molecule has 9 rings (SSSR count). The van der Waals surface area contributed by atoms with Crippen LogP contribution in [0.15, 0.2) is 128 Å². The minimum Gasteiger partial charge on any atom is -0.478 e. The summed E-state index contributed by atoms with van der Waals surface area (Å²) in [4.78, 5) is 74.7. The zero-order valence-electron chi connectivity index (χ0n) is 38.2. The van der Waals surface area contributed by atoms with E-state index in [0.29, 0.717) is 56.7 Å². The van der Waals surface area contributed by atoms with Gasteiger partial charge in [0.1, 0.15) is 53.2 Å². The third-order valence-electron chi connectivity index (χ3n) is 10.8. The predicted octanol–water partition coefficient (Wildman–Crippen LogP) is 7.09. The van der Waals surface area contributed by atoms with Gasteiger partial charge in [-0.1, -0.05) is 6.58 Å². The van der Waals surface area contributed by atoms with E-state index >= 15 is 0 Å². The average Bonchev–Trinajstić information content (AvgIpc) is 3.36. The van der Waals surface area contributed by atoms with Crippen LogP contribution in [0.25, 0.3) is 0 Å². The van der Waals surface area contributed by atoms with Crippen molar-refractivity contribution < 1.29 is 57.9 Å². The van der Waals surface area contributed by atoms with Crippen molar-refractivity contribution in [1.29, 1.82) is 0 Å². The Hall–Kier alpha value is -8.79. The number of rotatable bonds is 12. The van der Waals surface area contributed by atoms with Crippen LogP contribution in [0.5, 0.6) is 0 Å². The molecule has 0 bridgehead atoms. The number of nitrogens with zero attached hydrogens (tertiary/aromatic N) is 6. The van der Waals surface area contributed by atoms with E-state index in [1.54, 1.807) is 76.5 Å². The zero-order chi connectivity index (χ0) is 50.4. The summed E-state index contributed by atoms with van der Waals surface area (Å²) < 4.78 is 28.7. The highest BCUT2D eigenvalue weighted by Gasteiger charge is 2.22. The number of carboxylic acids is 3. The summed E-state index contributed by atoms with van der Waals surface area (Å²) in [5, 5.41) is 36.4. The van der Waals surface area contributed by atoms with E-state index in [4.69, 9.17) is 24.4 Å². The highest BCUT2D eigenvalue weighted by molar-refractivity contribution is 5.97. The van der Waals surface area contributed by atoms with Crippen LogP contribution >= 0.6 is 0 Å². The summed E-state index contributed by atoms with van der Waals surface area (Å²) in [5.74, 6) is -3.59. The number of halogens is 1. The Balaban J connectivity index is 0.000000157. The highest BCUT2D eigenvalue weighted by atomic mass is 19.1. The fraction of sp³-hybridized carbons (Fsp3) is 0.200. The molecule has 3 aliphatic heterocycles. The number of anilines is 9. The molecule has 6 heterocycles. The number of amides is 2. The number of pyridine rings is 3. The summed E-state index contributed by atoms with van der Waals surface area (Å²) in [7, 11) is 0. The first-order valence-corrected chi connectivity index (χ1v) is 21.9. The number of nitrogens with one attached hydrogen (secondary N) is 3. The largest absolute Gasteiger partial charge is 0.478 e. The van der Waals surface area contributed by atoms with Gasteiger partial charge in [-0.15, -0.1) is 0 Å². The molecule has 3 fully saturated rings. The number of carbonyl (C=O) groups excluding carboxylic acids is 2. The lowest BCUT2D eigenvalue weighted by Gasteiger charge is -2.31. The molecule has 3 aromatic heterocycles. The average molecular weight is 970 g/mol. The quantitative estimate of drug-likeness (QED) is 0.0715. The lowest BCUT2D eigenvalue weighted by atomic mass is 10.2. The van der Waals surface area contributed by atoms with Gasteiger partial charge in [-0.3, -0.25) is 9.59 Å². The molecule has 21 heteroatoms. The number of aromatic carboxylic acids is 3. The number of carboxylic acid groups (broad SMARTS) is 3. The van der Waals surface area contributed by atoms with Crippen LogP contribution in [-0.2, 0) is 23.8 Å². The molecule has 6 aromatic rings. The van der Waals surface area contributed by atoms with E-state index in [-0.39, 0.29) is 53.4 Å². The van der Waals surface area contributed by atoms with Gasteiger partial charge in [0.2, 0.25) is 0 Å². The molecular formula is C50H48FN9O11. The van der Waals surface area contributed by atoms with Crippen molar-refractivity contribution in [2.24, 2.45) is 0 Å². The van der Waals surface area contributed by atoms with Crippen molar-refractivity contribution in [3.05, 3.63) is 156 Å². The minimum atomic E-state index is -1.28. The van der Waals surface area contributed by atoms with Gasteiger partial charge in [0.05, 0.1) is 32.6 Å². The molecule has 3 saturated heterocycles. The maximum atomic E-state index is 13.1. The summed E-state index contributed by atoms with van der Waals surface area (Å²) in [6.45, 7) is 9.97. The molecule has 0 radical (unpaired) electrons. The Morgan fingerprint density at radius 3 is 1.49 bits per heavy atom. The molecule has 0 atom stereocenters. The molecule has 71 heavy (non-hydrogen) atoms. The lowest BCUT2D eigenvalue weighted by molar-refractivity contribution is -0.126. The summed E-state index contributed by atoms with van der Waals surface area (Å²) in [6.07, 6.45) is 2.46. The smallest absolute Gasteiger partial charge is 0.339 e. The van der Waals surface area contributed by atoms with E-state index in [0.717, 1.165) is 52.9 Å². The van der Waals surface area contributed by atoms with Crippen LogP contribution in [0.1, 0.15) is 36.8 Å². The first kappa shape index (κ1) is 50.1. The van der Waals surface area contributed by atoms with Gasteiger partial charge in [0, 0.05) is 71.3 Å². The Bertz CT molecular complexity index is 2910. The molecule has 2 amide bonds. The van der Waals surface area contributed by atoms with Crippen molar-refractivity contribution in [2.45, 2.75) is 6.92 Å². The van der Waals surface area contributed by atoms with E-state index in [1.807, 2.05) is 31.2 Å². The number of hydrogen-bond donors (Lipinski definition) is 6. The van der Waals surface area contributed by atoms with Crippen LogP contribution in [0.2, 0.25) is 0 Å². The molecule has 3 aromatic carbocycles. The van der Waals surface area contributed by atoms with E-state index in [2.05, 4.69) is 42.4 Å². The van der Waals surface area contributed by atoms with Crippen LogP contribution in [0.3, 0.4) is 0 Å². The van der Waals surface area contributed by atoms with Crippen molar-refractivity contribution in [3.63, 3.8) is 0 Å². The van der Waals surface area contributed by atoms with Crippen molar-refractivity contribution in [2.75, 3.05) is 89.9 Å². The maximum absolute atomic E-state index is 13.1. The maximum Gasteiger partial charge on any atom is 0.339 e. The Labute approximate surface area is 406 Å². The second kappa shape index (κ2) is 23.5. The number of benzene rings is 3. The van der Waals surface area contributed by atoms with Crippen molar-refractivity contribution in [3.8, 4) is 0 Å². The van der Waals surface area contributed by atoms with Crippen LogP contribution in [0, 0.1) is 12.7 Å². The Morgan fingerprint density at radius 2 is 1.01 bits per heavy atom. The van der Waals surface area contributed by atoms with Crippen molar-refractivity contribution in [1.82, 2.24) is 15.0 Å². The SMILES string of the molecule is C=C1COCCN1c1ccc(Nc2nc(C)ccc2C(=O)O)cc1.O=C(O)c1cc(F)cnc1Nc1ccc(N2CCOCC2=O)cc1.O=C(O)c1cccnc1Nc1ccc(N2CCOCC2=O)cc1. The number of hydrogen-bond acceptors (Lipinski definition) is 15. The number of aromatic nitrogens is 3. The number of morpholine rings is 3. The fourth-order valence-electron chi connectivity index (χ4n) is 7.26. The van der Waals surface area contributed by atoms with Gasteiger partial charge < -0.3 is 60.2 Å². The van der Waals surface area contributed by atoms with Gasteiger partial charge >= 0.3 is 17.9 Å². The molecule has 366 valence electrons. The lowest BCUT2D eigenvalue weighted by Crippen LogP contribution is -2.41. The molecular weight excluding hydrogens is 922 g/mol. The highest BCUT2D eigenvalue weighted by Crippen LogP contribution is 2.28. The van der Waals surface area contributed by atoms with E-state index < -0.39 is 23.7 Å².